The number of hydrogen-bond donors (Lipinski definition) is 0. The molecular formula is C11H13N3O3S. The van der Waals surface area contributed by atoms with Gasteiger partial charge in [-0.15, -0.1) is 10.2 Å². The van der Waals surface area contributed by atoms with Gasteiger partial charge >= 0.3 is 0 Å². The summed E-state index contributed by atoms with van der Waals surface area (Å²) >= 11 is 1.56. The normalized spacial score (nSPS) is 10.6. The number of carbonyl (C=O) groups excluding carboxylic acids is 1. The first-order chi connectivity index (χ1) is 8.70. The van der Waals surface area contributed by atoms with Crippen LogP contribution in [0, 0.1) is 0 Å². The molecule has 6 nitrogen and oxygen atoms in total. The fourth-order valence-corrected chi connectivity index (χ4v) is 1.96. The monoisotopic (exact) mass is 267 g/mol. The third-order valence-corrected chi connectivity index (χ3v) is 3.10. The number of aryl methyl sites for hydroxylation is 1. The largest absolute Gasteiger partial charge is 0.421 e. The standard InChI is InChI=1S/C11H13N3O3S/c1-14(16-2)10(15)4-3-9-12-13-11(17-9)8-5-6-18-7-8/h5-7H,3-4H2,1-2H3. The molecule has 2 heterocycles. The lowest BCUT2D eigenvalue weighted by Gasteiger charge is -2.12. The van der Waals surface area contributed by atoms with Crippen molar-refractivity contribution in [2.24, 2.45) is 0 Å². The number of hydrogen-bond acceptors (Lipinski definition) is 6. The third kappa shape index (κ3) is 2.93. The second kappa shape index (κ2) is 5.74. The summed E-state index contributed by atoms with van der Waals surface area (Å²) in [6, 6.07) is 1.91. The molecule has 0 aliphatic carbocycles. The highest BCUT2D eigenvalue weighted by Gasteiger charge is 2.12. The molecule has 0 N–H and O–H groups in total. The summed E-state index contributed by atoms with van der Waals surface area (Å²) in [7, 11) is 3.01. The van der Waals surface area contributed by atoms with Crippen molar-refractivity contribution in [3.05, 3.63) is 22.7 Å². The number of thiophene rings is 1. The van der Waals surface area contributed by atoms with Gasteiger partial charge < -0.3 is 4.42 Å². The third-order valence-electron chi connectivity index (χ3n) is 2.41. The molecule has 0 aromatic carbocycles. The van der Waals surface area contributed by atoms with E-state index in [2.05, 4.69) is 10.2 Å². The lowest BCUT2D eigenvalue weighted by atomic mass is 10.3. The Morgan fingerprint density at radius 1 is 1.56 bits per heavy atom. The second-order valence-corrected chi connectivity index (χ2v) is 4.37. The highest BCUT2D eigenvalue weighted by molar-refractivity contribution is 7.08. The smallest absolute Gasteiger partial charge is 0.248 e. The van der Waals surface area contributed by atoms with Crippen molar-refractivity contribution in [2.45, 2.75) is 12.8 Å². The first kappa shape index (κ1) is 12.7. The molecule has 0 radical (unpaired) electrons. The predicted molar refractivity (Wildman–Crippen MR) is 65.7 cm³/mol. The highest BCUT2D eigenvalue weighted by Crippen LogP contribution is 2.20. The average Bonchev–Trinajstić information content (AvgIpc) is 3.04. The molecule has 0 spiro atoms. The van der Waals surface area contributed by atoms with E-state index in [9.17, 15) is 4.79 Å². The van der Waals surface area contributed by atoms with Crippen molar-refractivity contribution in [2.75, 3.05) is 14.2 Å². The van der Waals surface area contributed by atoms with Crippen LogP contribution in [0.2, 0.25) is 0 Å². The van der Waals surface area contributed by atoms with Crippen LogP contribution >= 0.6 is 11.3 Å². The first-order valence-corrected chi connectivity index (χ1v) is 6.30. The van der Waals surface area contributed by atoms with E-state index >= 15 is 0 Å². The number of hydroxylamine groups is 2. The van der Waals surface area contributed by atoms with Gasteiger partial charge in [0, 0.05) is 30.8 Å². The number of carbonyl (C=O) groups is 1. The fraction of sp³-hybridized carbons (Fsp3) is 0.364. The van der Waals surface area contributed by atoms with Crippen molar-refractivity contribution < 1.29 is 14.0 Å². The average molecular weight is 267 g/mol. The van der Waals surface area contributed by atoms with Gasteiger partial charge in [-0.2, -0.15) is 11.3 Å². The zero-order valence-electron chi connectivity index (χ0n) is 10.1. The van der Waals surface area contributed by atoms with Crippen molar-refractivity contribution >= 4 is 17.2 Å². The van der Waals surface area contributed by atoms with E-state index in [1.807, 2.05) is 16.8 Å². The van der Waals surface area contributed by atoms with Gasteiger partial charge in [0.25, 0.3) is 0 Å². The van der Waals surface area contributed by atoms with Crippen LogP contribution in [0.4, 0.5) is 0 Å². The van der Waals surface area contributed by atoms with E-state index in [0.717, 1.165) is 5.56 Å². The van der Waals surface area contributed by atoms with Gasteiger partial charge in [-0.3, -0.25) is 9.63 Å². The molecule has 0 bridgehead atoms. The molecule has 2 rings (SSSR count). The van der Waals surface area contributed by atoms with Crippen molar-refractivity contribution in [3.63, 3.8) is 0 Å². The highest BCUT2D eigenvalue weighted by atomic mass is 32.1. The maximum absolute atomic E-state index is 11.5. The minimum Gasteiger partial charge on any atom is -0.421 e. The van der Waals surface area contributed by atoms with E-state index in [0.29, 0.717) is 18.2 Å². The van der Waals surface area contributed by atoms with Gasteiger partial charge in [-0.1, -0.05) is 0 Å². The Labute approximate surface area is 108 Å². The molecule has 0 saturated carbocycles. The molecule has 96 valence electrons. The molecule has 0 fully saturated rings. The summed E-state index contributed by atoms with van der Waals surface area (Å²) in [4.78, 5) is 16.3. The fourth-order valence-electron chi connectivity index (χ4n) is 1.33. The van der Waals surface area contributed by atoms with Gasteiger partial charge in [0.2, 0.25) is 17.7 Å². The summed E-state index contributed by atoms with van der Waals surface area (Å²) < 4.78 is 5.46. The van der Waals surface area contributed by atoms with Crippen molar-refractivity contribution in [3.8, 4) is 11.5 Å². The zero-order chi connectivity index (χ0) is 13.0. The first-order valence-electron chi connectivity index (χ1n) is 5.36. The maximum atomic E-state index is 11.5. The predicted octanol–water partition coefficient (Wildman–Crippen LogP) is 1.75. The zero-order valence-corrected chi connectivity index (χ0v) is 10.9. The van der Waals surface area contributed by atoms with Crippen LogP contribution in [-0.4, -0.2) is 35.3 Å². The van der Waals surface area contributed by atoms with Crippen molar-refractivity contribution in [1.29, 1.82) is 0 Å². The van der Waals surface area contributed by atoms with E-state index in [1.165, 1.54) is 12.2 Å². The van der Waals surface area contributed by atoms with Crippen LogP contribution in [0.1, 0.15) is 12.3 Å². The minimum absolute atomic E-state index is 0.132. The Morgan fingerprint density at radius 2 is 2.39 bits per heavy atom. The molecule has 1 amide bonds. The quantitative estimate of drug-likeness (QED) is 0.772. The van der Waals surface area contributed by atoms with Gasteiger partial charge in [0.15, 0.2) is 0 Å². The van der Waals surface area contributed by atoms with Gasteiger partial charge in [0.1, 0.15) is 0 Å². The van der Waals surface area contributed by atoms with Gasteiger partial charge in [-0.25, -0.2) is 5.06 Å². The van der Waals surface area contributed by atoms with E-state index in [4.69, 9.17) is 9.25 Å². The summed E-state index contributed by atoms with van der Waals surface area (Å²) in [5, 5.41) is 12.9. The lowest BCUT2D eigenvalue weighted by Crippen LogP contribution is -2.25. The Kier molecular flexibility index (Phi) is 4.06. The van der Waals surface area contributed by atoms with Crippen LogP contribution in [0.15, 0.2) is 21.2 Å². The Balaban J connectivity index is 1.93. The summed E-state index contributed by atoms with van der Waals surface area (Å²) in [6.07, 6.45) is 0.680. The lowest BCUT2D eigenvalue weighted by molar-refractivity contribution is -0.168. The molecule has 0 saturated heterocycles. The Hall–Kier alpha value is -1.73. The van der Waals surface area contributed by atoms with E-state index < -0.39 is 0 Å². The van der Waals surface area contributed by atoms with Gasteiger partial charge in [0.05, 0.1) is 7.11 Å². The second-order valence-electron chi connectivity index (χ2n) is 3.59. The number of amides is 1. The summed E-state index contributed by atoms with van der Waals surface area (Å²) in [5.74, 6) is 0.806. The van der Waals surface area contributed by atoms with Crippen LogP contribution in [0.25, 0.3) is 11.5 Å². The maximum Gasteiger partial charge on any atom is 0.248 e. The molecule has 0 atom stereocenters. The van der Waals surface area contributed by atoms with Gasteiger partial charge in [-0.05, 0) is 11.4 Å². The number of nitrogens with zero attached hydrogens (tertiary/aromatic N) is 3. The SMILES string of the molecule is CON(C)C(=O)CCc1nnc(-c2ccsc2)o1. The minimum atomic E-state index is -0.132. The number of aromatic nitrogens is 2. The van der Waals surface area contributed by atoms with E-state index in [1.54, 1.807) is 18.4 Å². The van der Waals surface area contributed by atoms with Crippen LogP contribution in [0.5, 0.6) is 0 Å². The van der Waals surface area contributed by atoms with Crippen LogP contribution in [-0.2, 0) is 16.1 Å². The summed E-state index contributed by atoms with van der Waals surface area (Å²) in [6.45, 7) is 0. The molecule has 0 aliphatic heterocycles. The molecule has 7 heteroatoms. The Morgan fingerprint density at radius 3 is 3.06 bits per heavy atom. The molecular weight excluding hydrogens is 254 g/mol. The van der Waals surface area contributed by atoms with Crippen LogP contribution in [0.3, 0.4) is 0 Å². The van der Waals surface area contributed by atoms with Crippen LogP contribution < -0.4 is 0 Å². The molecule has 0 aliphatic rings. The molecule has 0 unspecified atom stereocenters. The Bertz CT molecular complexity index is 509. The molecule has 2 aromatic rings. The number of rotatable bonds is 5. The summed E-state index contributed by atoms with van der Waals surface area (Å²) in [5.41, 5.74) is 0.902. The molecule has 18 heavy (non-hydrogen) atoms. The topological polar surface area (TPSA) is 68.5 Å². The van der Waals surface area contributed by atoms with E-state index in [-0.39, 0.29) is 12.3 Å². The van der Waals surface area contributed by atoms with Crippen molar-refractivity contribution in [1.82, 2.24) is 15.3 Å². The molecule has 2 aromatic heterocycles.